The third-order valence-electron chi connectivity index (χ3n) is 6.71. The molecule has 2 rings (SSSR count). The molecule has 2 nitrogen and oxygen atoms in total. The molecule has 7 heteroatoms. The van der Waals surface area contributed by atoms with Crippen molar-refractivity contribution in [3.05, 3.63) is 71.3 Å². The number of hydrogen-bond donors (Lipinski definition) is 0. The van der Waals surface area contributed by atoms with Gasteiger partial charge in [0.1, 0.15) is 25.1 Å². The largest absolute Gasteiger partial charge is 0.673 e. The van der Waals surface area contributed by atoms with Gasteiger partial charge in [-0.05, 0) is 55.7 Å². The number of unbranched alkanes of at least 4 members (excludes halogenated alkanes) is 13. The molecule has 0 aromatic rings. The smallest absolute Gasteiger partial charge is 0.467 e. The van der Waals surface area contributed by atoms with Gasteiger partial charge < -0.3 is 22.0 Å². The Balaban J connectivity index is 0.00000139. The summed E-state index contributed by atoms with van der Waals surface area (Å²) in [5.74, 6) is 1.89. The highest BCUT2D eigenvalue weighted by Crippen LogP contribution is 2.19. The second kappa shape index (κ2) is 20.6. The minimum absolute atomic E-state index is 0.945. The van der Waals surface area contributed by atoms with Gasteiger partial charge in [-0.25, -0.2) is 4.58 Å². The van der Waals surface area contributed by atoms with Crippen LogP contribution in [0.15, 0.2) is 71.3 Å². The molecule has 0 aromatic heterocycles. The predicted molar refractivity (Wildman–Crippen MR) is 160 cm³/mol. The minimum atomic E-state index is -6.00. The summed E-state index contributed by atoms with van der Waals surface area (Å²) >= 11 is 0. The maximum atomic E-state index is 9.75. The number of hydrogen-bond acceptors (Lipinski definition) is 1. The number of halogens is 4. The fourth-order valence-corrected chi connectivity index (χ4v) is 4.63. The molecular weight excluding hydrogens is 501 g/mol. The average Bonchev–Trinajstić information content (AvgIpc) is 2.86. The molecule has 0 saturated heterocycles. The molecule has 0 fully saturated rings. The molecular formula is C32H50BF4NO. The van der Waals surface area contributed by atoms with Crippen LogP contribution < -0.4 is 0 Å². The maximum Gasteiger partial charge on any atom is 0.673 e. The Morgan fingerprint density at radius 2 is 1.03 bits per heavy atom. The highest BCUT2D eigenvalue weighted by Gasteiger charge is 2.20. The van der Waals surface area contributed by atoms with Crippen molar-refractivity contribution in [2.45, 2.75) is 111 Å². The molecule has 39 heavy (non-hydrogen) atoms. The lowest BCUT2D eigenvalue weighted by Gasteiger charge is -2.11. The molecule has 0 atom stereocenters. The van der Waals surface area contributed by atoms with Gasteiger partial charge in [0.05, 0.1) is 0 Å². The van der Waals surface area contributed by atoms with Crippen molar-refractivity contribution in [2.75, 3.05) is 13.6 Å². The van der Waals surface area contributed by atoms with E-state index in [0.717, 1.165) is 18.1 Å². The summed E-state index contributed by atoms with van der Waals surface area (Å²) in [6, 6.07) is 0. The number of rotatable bonds is 16. The van der Waals surface area contributed by atoms with Gasteiger partial charge >= 0.3 is 7.25 Å². The molecule has 1 aliphatic carbocycles. The molecule has 1 heterocycles. The minimum Gasteiger partial charge on any atom is -0.467 e. The lowest BCUT2D eigenvalue weighted by Crippen LogP contribution is -2.16. The summed E-state index contributed by atoms with van der Waals surface area (Å²) < 4.78 is 47.0. The number of nitrogens with zero attached hydrogens (tertiary/aromatic N) is 1. The molecule has 0 radical (unpaired) electrons. The lowest BCUT2D eigenvalue weighted by atomic mass is 10.0. The zero-order valence-electron chi connectivity index (χ0n) is 24.7. The van der Waals surface area contributed by atoms with Crippen molar-refractivity contribution in [1.29, 1.82) is 0 Å². The quantitative estimate of drug-likeness (QED) is 0.0804. The van der Waals surface area contributed by atoms with Gasteiger partial charge in [0, 0.05) is 18.6 Å². The van der Waals surface area contributed by atoms with Crippen molar-refractivity contribution in [3.8, 4) is 0 Å². The zero-order chi connectivity index (χ0) is 28.9. The summed E-state index contributed by atoms with van der Waals surface area (Å²) in [6.07, 6.45) is 37.2. The predicted octanol–water partition coefficient (Wildman–Crippen LogP) is 10.7. The van der Waals surface area contributed by atoms with Crippen LogP contribution in [0.5, 0.6) is 0 Å². The normalized spacial score (nSPS) is 14.8. The molecule has 0 bridgehead atoms. The monoisotopic (exact) mass is 551 g/mol. The van der Waals surface area contributed by atoms with E-state index in [2.05, 4.69) is 67.2 Å². The van der Waals surface area contributed by atoms with E-state index in [9.17, 15) is 17.3 Å². The van der Waals surface area contributed by atoms with Gasteiger partial charge in [-0.2, -0.15) is 0 Å². The molecule has 0 unspecified atom stereocenters. The van der Waals surface area contributed by atoms with Crippen molar-refractivity contribution in [1.82, 2.24) is 0 Å². The molecule has 0 aromatic carbocycles. The van der Waals surface area contributed by atoms with E-state index in [4.69, 9.17) is 4.74 Å². The number of allylic oxidation sites excluding steroid dienone is 12. The second-order valence-electron chi connectivity index (χ2n) is 10.5. The molecule has 0 saturated carbocycles. The lowest BCUT2D eigenvalue weighted by molar-refractivity contribution is -0.496. The molecule has 220 valence electrons. The summed E-state index contributed by atoms with van der Waals surface area (Å²) in [4.78, 5) is 0. The third kappa shape index (κ3) is 20.3. The van der Waals surface area contributed by atoms with E-state index in [1.54, 1.807) is 0 Å². The SMILES string of the molecule is CCCCCCCCCCCCCCCC[N+](C)=C1C=CC(=CC=C2C=C(C)OC(C)=C2)C=C1.F[B-](F)(F)F. The first-order valence-corrected chi connectivity index (χ1v) is 14.9. The van der Waals surface area contributed by atoms with Gasteiger partial charge in [0.25, 0.3) is 0 Å². The Kier molecular flexibility index (Phi) is 18.3. The standard InChI is InChI=1S/C32H50NO.BF4/c1-5-6-7-8-9-10-11-12-13-14-15-16-17-18-25-33(4)32-23-21-30(22-24-32)19-20-31-26-28(2)34-29(3)27-31;2-1(3,4)5/h19-24,26-27H,5-18,25H2,1-4H3;/q+1;-1. The van der Waals surface area contributed by atoms with Crippen molar-refractivity contribution in [3.63, 3.8) is 0 Å². The molecule has 2 aliphatic rings. The van der Waals surface area contributed by atoms with Gasteiger partial charge in [0.2, 0.25) is 0 Å². The van der Waals surface area contributed by atoms with E-state index in [1.165, 1.54) is 107 Å². The summed E-state index contributed by atoms with van der Waals surface area (Å²) in [5, 5.41) is 0. The number of ether oxygens (including phenoxy) is 1. The molecule has 0 N–H and O–H groups in total. The topological polar surface area (TPSA) is 12.2 Å². The van der Waals surface area contributed by atoms with Gasteiger partial charge in [-0.15, -0.1) is 0 Å². The Hall–Kier alpha value is -2.31. The Labute approximate surface area is 235 Å². The Morgan fingerprint density at radius 3 is 1.46 bits per heavy atom. The summed E-state index contributed by atoms with van der Waals surface area (Å²) in [7, 11) is -3.79. The van der Waals surface area contributed by atoms with Crippen LogP contribution >= 0.6 is 0 Å². The van der Waals surface area contributed by atoms with Crippen molar-refractivity contribution < 1.29 is 26.6 Å². The van der Waals surface area contributed by atoms with E-state index in [0.29, 0.717) is 0 Å². The van der Waals surface area contributed by atoms with Gasteiger partial charge in [0.15, 0.2) is 5.71 Å². The molecule has 0 spiro atoms. The van der Waals surface area contributed by atoms with Crippen molar-refractivity contribution in [2.24, 2.45) is 0 Å². The van der Waals surface area contributed by atoms with Crippen LogP contribution in [0.3, 0.4) is 0 Å². The highest BCUT2D eigenvalue weighted by molar-refractivity contribution is 6.50. The van der Waals surface area contributed by atoms with Crippen LogP contribution in [-0.2, 0) is 4.74 Å². The van der Waals surface area contributed by atoms with Crippen LogP contribution in [0.2, 0.25) is 0 Å². The fourth-order valence-electron chi connectivity index (χ4n) is 4.63. The van der Waals surface area contributed by atoms with Crippen LogP contribution in [-0.4, -0.2) is 31.1 Å². The van der Waals surface area contributed by atoms with Crippen LogP contribution in [0.25, 0.3) is 0 Å². The van der Waals surface area contributed by atoms with E-state index in [-0.39, 0.29) is 0 Å². The highest BCUT2D eigenvalue weighted by atomic mass is 19.5. The third-order valence-corrected chi connectivity index (χ3v) is 6.71. The molecule has 1 aliphatic heterocycles. The van der Waals surface area contributed by atoms with E-state index in [1.807, 2.05) is 13.8 Å². The Morgan fingerprint density at radius 1 is 0.641 bits per heavy atom. The summed E-state index contributed by atoms with van der Waals surface area (Å²) in [6.45, 7) is 7.42. The van der Waals surface area contributed by atoms with Crippen molar-refractivity contribution >= 4 is 13.0 Å². The maximum absolute atomic E-state index is 9.75. The fraction of sp³-hybridized carbons (Fsp3) is 0.594. The van der Waals surface area contributed by atoms with Crippen LogP contribution in [0, 0.1) is 0 Å². The second-order valence-corrected chi connectivity index (χ2v) is 10.5. The first-order valence-electron chi connectivity index (χ1n) is 14.9. The summed E-state index contributed by atoms with van der Waals surface area (Å²) in [5.41, 5.74) is 3.71. The zero-order valence-corrected chi connectivity index (χ0v) is 24.7. The average molecular weight is 552 g/mol. The Bertz CT molecular complexity index is 879. The van der Waals surface area contributed by atoms with Crippen LogP contribution in [0.4, 0.5) is 17.3 Å². The molecule has 0 amide bonds. The van der Waals surface area contributed by atoms with Gasteiger partial charge in [-0.1, -0.05) is 96.1 Å². The van der Waals surface area contributed by atoms with E-state index < -0.39 is 7.25 Å². The first kappa shape index (κ1) is 34.7. The van der Waals surface area contributed by atoms with E-state index >= 15 is 0 Å². The van der Waals surface area contributed by atoms with Gasteiger partial charge in [-0.3, -0.25) is 0 Å². The first-order chi connectivity index (χ1) is 18.6. The van der Waals surface area contributed by atoms with Crippen LogP contribution in [0.1, 0.15) is 111 Å².